The summed E-state index contributed by atoms with van der Waals surface area (Å²) in [7, 11) is 4.59. The Labute approximate surface area is 110 Å². The third-order valence-corrected chi connectivity index (χ3v) is 2.57. The van der Waals surface area contributed by atoms with Crippen molar-refractivity contribution in [3.05, 3.63) is 29.3 Å². The number of ether oxygens (including phenoxy) is 2. The lowest BCUT2D eigenvalue weighted by Gasteiger charge is -2.07. The summed E-state index contributed by atoms with van der Waals surface area (Å²) in [5.74, 6) is 0.118. The van der Waals surface area contributed by atoms with Crippen LogP contribution in [0.15, 0.2) is 12.3 Å². The van der Waals surface area contributed by atoms with Crippen LogP contribution in [0.3, 0.4) is 0 Å². The molecule has 19 heavy (non-hydrogen) atoms. The standard InChI is InChI=1S/C12H14N4O3/c1-7-5-8(16(2)15-7)11(17)10-12(19-4)14-9(18-3)6-13-10/h5-6H,1-4H3. The van der Waals surface area contributed by atoms with Gasteiger partial charge in [-0.2, -0.15) is 10.1 Å². The Morgan fingerprint density at radius 1 is 1.32 bits per heavy atom. The maximum Gasteiger partial charge on any atom is 0.247 e. The van der Waals surface area contributed by atoms with Gasteiger partial charge in [-0.25, -0.2) is 4.98 Å². The maximum absolute atomic E-state index is 12.4. The summed E-state index contributed by atoms with van der Waals surface area (Å²) >= 11 is 0. The second-order valence-electron chi connectivity index (χ2n) is 3.89. The highest BCUT2D eigenvalue weighted by atomic mass is 16.5. The molecular weight excluding hydrogens is 248 g/mol. The van der Waals surface area contributed by atoms with Gasteiger partial charge in [0.05, 0.1) is 26.1 Å². The first-order valence-electron chi connectivity index (χ1n) is 5.57. The van der Waals surface area contributed by atoms with E-state index in [2.05, 4.69) is 15.1 Å². The molecule has 0 aromatic carbocycles. The molecule has 0 amide bonds. The second kappa shape index (κ2) is 5.05. The van der Waals surface area contributed by atoms with Gasteiger partial charge in [0.1, 0.15) is 5.69 Å². The highest BCUT2D eigenvalue weighted by Crippen LogP contribution is 2.20. The van der Waals surface area contributed by atoms with Gasteiger partial charge in [-0.05, 0) is 13.0 Å². The molecule has 7 heteroatoms. The van der Waals surface area contributed by atoms with Crippen LogP contribution in [0.4, 0.5) is 0 Å². The van der Waals surface area contributed by atoms with Crippen molar-refractivity contribution < 1.29 is 14.3 Å². The number of nitrogens with zero attached hydrogens (tertiary/aromatic N) is 4. The Bertz CT molecular complexity index is 621. The van der Waals surface area contributed by atoms with Crippen molar-refractivity contribution in [3.8, 4) is 11.8 Å². The normalized spacial score (nSPS) is 10.3. The Morgan fingerprint density at radius 3 is 2.58 bits per heavy atom. The fourth-order valence-corrected chi connectivity index (χ4v) is 1.70. The average molecular weight is 262 g/mol. The molecule has 0 bridgehead atoms. The quantitative estimate of drug-likeness (QED) is 0.757. The second-order valence-corrected chi connectivity index (χ2v) is 3.89. The summed E-state index contributed by atoms with van der Waals surface area (Å²) in [5, 5.41) is 4.13. The average Bonchev–Trinajstić information content (AvgIpc) is 2.76. The number of ketones is 1. The smallest absolute Gasteiger partial charge is 0.247 e. The number of hydrogen-bond acceptors (Lipinski definition) is 6. The zero-order valence-electron chi connectivity index (χ0n) is 11.2. The summed E-state index contributed by atoms with van der Waals surface area (Å²) < 4.78 is 11.5. The number of aryl methyl sites for hydroxylation is 2. The van der Waals surface area contributed by atoms with Crippen LogP contribution >= 0.6 is 0 Å². The van der Waals surface area contributed by atoms with E-state index in [1.54, 1.807) is 13.1 Å². The molecule has 0 aliphatic rings. The van der Waals surface area contributed by atoms with Gasteiger partial charge in [-0.15, -0.1) is 0 Å². The minimum absolute atomic E-state index is 0.128. The van der Waals surface area contributed by atoms with E-state index in [0.717, 1.165) is 5.69 Å². The van der Waals surface area contributed by atoms with E-state index in [-0.39, 0.29) is 23.2 Å². The first-order chi connectivity index (χ1) is 9.06. The van der Waals surface area contributed by atoms with Crippen LogP contribution in [0.25, 0.3) is 0 Å². The van der Waals surface area contributed by atoms with Crippen LogP contribution < -0.4 is 9.47 Å². The van der Waals surface area contributed by atoms with E-state index in [1.165, 1.54) is 25.1 Å². The number of methoxy groups -OCH3 is 2. The monoisotopic (exact) mass is 262 g/mol. The van der Waals surface area contributed by atoms with Crippen molar-refractivity contribution in [3.63, 3.8) is 0 Å². The summed E-state index contributed by atoms with van der Waals surface area (Å²) in [6.45, 7) is 1.81. The molecule has 2 rings (SSSR count). The van der Waals surface area contributed by atoms with Crippen LogP contribution in [0, 0.1) is 6.92 Å². The third-order valence-electron chi connectivity index (χ3n) is 2.57. The molecule has 2 aromatic heterocycles. The van der Waals surface area contributed by atoms with Crippen molar-refractivity contribution >= 4 is 5.78 Å². The van der Waals surface area contributed by atoms with Crippen LogP contribution in [0.2, 0.25) is 0 Å². The fraction of sp³-hybridized carbons (Fsp3) is 0.333. The van der Waals surface area contributed by atoms with Crippen molar-refractivity contribution in [2.45, 2.75) is 6.92 Å². The van der Waals surface area contributed by atoms with Gasteiger partial charge < -0.3 is 9.47 Å². The van der Waals surface area contributed by atoms with Crippen molar-refractivity contribution in [1.82, 2.24) is 19.7 Å². The molecule has 2 aromatic rings. The first kappa shape index (κ1) is 13.0. The van der Waals surface area contributed by atoms with Gasteiger partial charge in [-0.1, -0.05) is 0 Å². The minimum Gasteiger partial charge on any atom is -0.480 e. The Morgan fingerprint density at radius 2 is 2.05 bits per heavy atom. The van der Waals surface area contributed by atoms with Crippen LogP contribution in [-0.4, -0.2) is 39.8 Å². The van der Waals surface area contributed by atoms with Gasteiger partial charge in [0.15, 0.2) is 5.69 Å². The van der Waals surface area contributed by atoms with Crippen molar-refractivity contribution in [1.29, 1.82) is 0 Å². The first-order valence-corrected chi connectivity index (χ1v) is 5.57. The Kier molecular flexibility index (Phi) is 3.46. The molecule has 0 fully saturated rings. The molecule has 100 valence electrons. The summed E-state index contributed by atoms with van der Waals surface area (Å²) in [4.78, 5) is 20.5. The van der Waals surface area contributed by atoms with Crippen LogP contribution in [0.1, 0.15) is 21.9 Å². The van der Waals surface area contributed by atoms with Gasteiger partial charge in [-0.3, -0.25) is 9.48 Å². The van der Waals surface area contributed by atoms with Crippen LogP contribution in [-0.2, 0) is 7.05 Å². The van der Waals surface area contributed by atoms with Crippen molar-refractivity contribution in [2.75, 3.05) is 14.2 Å². The number of hydrogen-bond donors (Lipinski definition) is 0. The molecule has 0 aliphatic heterocycles. The van der Waals surface area contributed by atoms with E-state index in [0.29, 0.717) is 5.69 Å². The molecule has 0 spiro atoms. The number of aromatic nitrogens is 4. The van der Waals surface area contributed by atoms with Crippen molar-refractivity contribution in [2.24, 2.45) is 7.05 Å². The molecule has 0 atom stereocenters. The van der Waals surface area contributed by atoms with Gasteiger partial charge in [0, 0.05) is 7.05 Å². The number of carbonyl (C=O) groups excluding carboxylic acids is 1. The molecule has 7 nitrogen and oxygen atoms in total. The summed E-state index contributed by atoms with van der Waals surface area (Å²) in [6.07, 6.45) is 1.37. The van der Waals surface area contributed by atoms with E-state index >= 15 is 0 Å². The van der Waals surface area contributed by atoms with E-state index in [9.17, 15) is 4.79 Å². The maximum atomic E-state index is 12.4. The zero-order valence-corrected chi connectivity index (χ0v) is 11.2. The van der Waals surface area contributed by atoms with Crippen LogP contribution in [0.5, 0.6) is 11.8 Å². The SMILES string of the molecule is COc1cnc(C(=O)c2cc(C)nn2C)c(OC)n1. The molecule has 0 radical (unpaired) electrons. The van der Waals surface area contributed by atoms with E-state index in [1.807, 2.05) is 6.92 Å². The topological polar surface area (TPSA) is 79.1 Å². The number of carbonyl (C=O) groups is 1. The van der Waals surface area contributed by atoms with Gasteiger partial charge >= 0.3 is 0 Å². The molecule has 0 unspecified atom stereocenters. The molecule has 0 aliphatic carbocycles. The Balaban J connectivity index is 2.46. The lowest BCUT2D eigenvalue weighted by atomic mass is 10.2. The summed E-state index contributed by atoms with van der Waals surface area (Å²) in [6, 6.07) is 1.69. The molecule has 2 heterocycles. The molecule has 0 N–H and O–H groups in total. The Hall–Kier alpha value is -2.44. The highest BCUT2D eigenvalue weighted by Gasteiger charge is 2.21. The fourth-order valence-electron chi connectivity index (χ4n) is 1.70. The predicted octanol–water partition coefficient (Wildman–Crippen LogP) is 0.767. The predicted molar refractivity (Wildman–Crippen MR) is 66.5 cm³/mol. The van der Waals surface area contributed by atoms with E-state index in [4.69, 9.17) is 9.47 Å². The summed E-state index contributed by atoms with van der Waals surface area (Å²) in [5.41, 5.74) is 1.31. The minimum atomic E-state index is -0.296. The molecule has 0 saturated heterocycles. The molecular formula is C12H14N4O3. The third kappa shape index (κ3) is 2.40. The lowest BCUT2D eigenvalue weighted by Crippen LogP contribution is -2.12. The zero-order chi connectivity index (χ0) is 14.0. The largest absolute Gasteiger partial charge is 0.480 e. The van der Waals surface area contributed by atoms with Gasteiger partial charge in [0.2, 0.25) is 17.5 Å². The molecule has 0 saturated carbocycles. The number of rotatable bonds is 4. The van der Waals surface area contributed by atoms with Gasteiger partial charge in [0.25, 0.3) is 0 Å². The van der Waals surface area contributed by atoms with E-state index < -0.39 is 0 Å². The highest BCUT2D eigenvalue weighted by molar-refractivity contribution is 6.08. The lowest BCUT2D eigenvalue weighted by molar-refractivity contribution is 0.102.